The maximum Gasteiger partial charge on any atom is 0.247 e. The van der Waals surface area contributed by atoms with Crippen LogP contribution in [0.3, 0.4) is 0 Å². The number of primary sulfonamides is 1. The Balaban J connectivity index is 1.98. The number of hydrazone groups is 1. The molecule has 0 saturated heterocycles. The van der Waals surface area contributed by atoms with E-state index >= 15 is 0 Å². The Hall–Kier alpha value is -2.51. The second kappa shape index (κ2) is 6.42. The zero-order valence-corrected chi connectivity index (χ0v) is 14.9. The Kier molecular flexibility index (Phi) is 4.45. The lowest BCUT2D eigenvalue weighted by Crippen LogP contribution is -2.32. The van der Waals surface area contributed by atoms with E-state index in [1.165, 1.54) is 34.8 Å². The van der Waals surface area contributed by atoms with Crippen LogP contribution in [0.5, 0.6) is 0 Å². The number of amides is 1. The molecule has 1 amide bonds. The molecule has 2 aromatic rings. The van der Waals surface area contributed by atoms with Gasteiger partial charge in [-0.1, -0.05) is 23.8 Å². The first kappa shape index (κ1) is 17.3. The van der Waals surface area contributed by atoms with E-state index in [-0.39, 0.29) is 10.8 Å². The minimum Gasteiger partial charge on any atom is -0.273 e. The molecule has 0 fully saturated rings. The van der Waals surface area contributed by atoms with E-state index in [2.05, 4.69) is 11.2 Å². The van der Waals surface area contributed by atoms with Crippen LogP contribution in [0.15, 0.2) is 52.5 Å². The third-order valence-electron chi connectivity index (χ3n) is 4.14. The minimum atomic E-state index is -3.77. The highest BCUT2D eigenvalue weighted by Gasteiger charge is 2.23. The molecule has 0 atom stereocenters. The molecule has 1 aliphatic rings. The fraction of sp³-hybridized carbons (Fsp3) is 0.222. The monoisotopic (exact) mass is 357 g/mol. The smallest absolute Gasteiger partial charge is 0.247 e. The van der Waals surface area contributed by atoms with Crippen molar-refractivity contribution in [3.05, 3.63) is 59.2 Å². The van der Waals surface area contributed by atoms with Gasteiger partial charge in [0.2, 0.25) is 15.9 Å². The lowest BCUT2D eigenvalue weighted by molar-refractivity contribution is -0.118. The largest absolute Gasteiger partial charge is 0.273 e. The molecule has 1 aliphatic heterocycles. The third kappa shape index (κ3) is 3.62. The van der Waals surface area contributed by atoms with E-state index in [1.54, 1.807) is 0 Å². The minimum absolute atomic E-state index is 0.000657. The van der Waals surface area contributed by atoms with Gasteiger partial charge in [-0.25, -0.2) is 18.6 Å². The Morgan fingerprint density at radius 3 is 2.32 bits per heavy atom. The van der Waals surface area contributed by atoms with Gasteiger partial charge in [0, 0.05) is 18.4 Å². The van der Waals surface area contributed by atoms with Gasteiger partial charge in [-0.15, -0.1) is 0 Å². The highest BCUT2D eigenvalue weighted by Crippen LogP contribution is 2.25. The molecular formula is C18H19N3O3S. The normalized spacial score (nSPS) is 15.2. The number of nitrogens with two attached hydrogens (primary N) is 1. The van der Waals surface area contributed by atoms with E-state index in [9.17, 15) is 13.2 Å². The fourth-order valence-electron chi connectivity index (χ4n) is 2.86. The fourth-order valence-corrected chi connectivity index (χ4v) is 3.38. The molecule has 0 aliphatic carbocycles. The molecule has 0 spiro atoms. The second-order valence-electron chi connectivity index (χ2n) is 6.11. The Morgan fingerprint density at radius 2 is 1.72 bits per heavy atom. The number of anilines is 1. The van der Waals surface area contributed by atoms with Crippen molar-refractivity contribution >= 4 is 27.3 Å². The van der Waals surface area contributed by atoms with Crippen molar-refractivity contribution in [1.29, 1.82) is 0 Å². The van der Waals surface area contributed by atoms with Gasteiger partial charge >= 0.3 is 0 Å². The summed E-state index contributed by atoms with van der Waals surface area (Å²) in [6.07, 6.45) is 0.928. The van der Waals surface area contributed by atoms with Gasteiger partial charge in [0.15, 0.2) is 0 Å². The lowest BCUT2D eigenvalue weighted by Gasteiger charge is -2.24. The van der Waals surface area contributed by atoms with Crippen LogP contribution in [0.2, 0.25) is 0 Å². The van der Waals surface area contributed by atoms with Crippen LogP contribution >= 0.6 is 0 Å². The molecule has 7 heteroatoms. The number of hydrogen-bond acceptors (Lipinski definition) is 4. The van der Waals surface area contributed by atoms with Gasteiger partial charge in [-0.05, 0) is 43.7 Å². The predicted molar refractivity (Wildman–Crippen MR) is 97.0 cm³/mol. The summed E-state index contributed by atoms with van der Waals surface area (Å²) >= 11 is 0. The quantitative estimate of drug-likeness (QED) is 0.914. The molecule has 0 bridgehead atoms. The Labute approximate surface area is 147 Å². The van der Waals surface area contributed by atoms with Gasteiger partial charge in [0.25, 0.3) is 0 Å². The molecule has 3 rings (SSSR count). The van der Waals surface area contributed by atoms with Crippen LogP contribution in [0.1, 0.15) is 29.5 Å². The SMILES string of the molecule is Cc1ccc(C2=NN(c3ccc(S(N)(=O)=O)cc3)C(=O)CC2)c(C)c1. The van der Waals surface area contributed by atoms with Crippen LogP contribution in [-0.2, 0) is 14.8 Å². The summed E-state index contributed by atoms with van der Waals surface area (Å²) < 4.78 is 22.7. The van der Waals surface area contributed by atoms with Gasteiger partial charge in [-0.3, -0.25) is 4.79 Å². The number of carbonyl (C=O) groups is 1. The first-order chi connectivity index (χ1) is 11.8. The van der Waals surface area contributed by atoms with Gasteiger partial charge < -0.3 is 0 Å². The molecular weight excluding hydrogens is 338 g/mol. The zero-order chi connectivity index (χ0) is 18.2. The maximum absolute atomic E-state index is 12.3. The summed E-state index contributed by atoms with van der Waals surface area (Å²) in [6, 6.07) is 11.9. The van der Waals surface area contributed by atoms with E-state index in [4.69, 9.17) is 5.14 Å². The number of rotatable bonds is 3. The first-order valence-corrected chi connectivity index (χ1v) is 9.41. The molecule has 0 aromatic heterocycles. The second-order valence-corrected chi connectivity index (χ2v) is 7.67. The number of hydrogen-bond donors (Lipinski definition) is 1. The summed E-state index contributed by atoms with van der Waals surface area (Å²) in [5.41, 5.74) is 4.65. The summed E-state index contributed by atoms with van der Waals surface area (Å²) in [4.78, 5) is 12.3. The van der Waals surface area contributed by atoms with Gasteiger partial charge in [0.1, 0.15) is 0 Å². The standard InChI is InChI=1S/C18H19N3O3S/c1-12-3-8-16(13(2)11-12)17-9-10-18(22)21(20-17)14-4-6-15(7-5-14)25(19,23)24/h3-8,11H,9-10H2,1-2H3,(H2,19,23,24). The maximum atomic E-state index is 12.3. The van der Waals surface area contributed by atoms with Crippen LogP contribution in [0.25, 0.3) is 0 Å². The average molecular weight is 357 g/mol. The van der Waals surface area contributed by atoms with Crippen LogP contribution < -0.4 is 10.1 Å². The van der Waals surface area contributed by atoms with Gasteiger partial charge in [0.05, 0.1) is 16.3 Å². The molecule has 0 saturated carbocycles. The van der Waals surface area contributed by atoms with Crippen molar-refractivity contribution in [3.63, 3.8) is 0 Å². The van der Waals surface area contributed by atoms with Crippen molar-refractivity contribution in [2.45, 2.75) is 31.6 Å². The number of aryl methyl sites for hydroxylation is 2. The molecule has 0 radical (unpaired) electrons. The molecule has 25 heavy (non-hydrogen) atoms. The van der Waals surface area contributed by atoms with Crippen molar-refractivity contribution in [2.75, 3.05) is 5.01 Å². The third-order valence-corrected chi connectivity index (χ3v) is 5.06. The predicted octanol–water partition coefficient (Wildman–Crippen LogP) is 2.48. The van der Waals surface area contributed by atoms with Crippen LogP contribution in [0.4, 0.5) is 5.69 Å². The number of sulfonamides is 1. The molecule has 6 nitrogen and oxygen atoms in total. The molecule has 2 N–H and O–H groups in total. The molecule has 130 valence electrons. The number of benzene rings is 2. The van der Waals surface area contributed by atoms with E-state index in [0.29, 0.717) is 18.5 Å². The van der Waals surface area contributed by atoms with Crippen LogP contribution in [0, 0.1) is 13.8 Å². The first-order valence-electron chi connectivity index (χ1n) is 7.86. The van der Waals surface area contributed by atoms with Crippen molar-refractivity contribution in [3.8, 4) is 0 Å². The lowest BCUT2D eigenvalue weighted by atomic mass is 9.98. The van der Waals surface area contributed by atoms with Crippen LogP contribution in [-0.4, -0.2) is 20.0 Å². The highest BCUT2D eigenvalue weighted by atomic mass is 32.2. The number of nitrogens with zero attached hydrogens (tertiary/aromatic N) is 2. The molecule has 1 heterocycles. The Morgan fingerprint density at radius 1 is 1.04 bits per heavy atom. The van der Waals surface area contributed by atoms with E-state index < -0.39 is 10.0 Å². The van der Waals surface area contributed by atoms with Crippen molar-refractivity contribution in [2.24, 2.45) is 10.2 Å². The summed E-state index contributed by atoms with van der Waals surface area (Å²) in [7, 11) is -3.77. The topological polar surface area (TPSA) is 92.8 Å². The van der Waals surface area contributed by atoms with E-state index in [0.717, 1.165) is 16.8 Å². The summed E-state index contributed by atoms with van der Waals surface area (Å²) in [6.45, 7) is 4.05. The number of carbonyl (C=O) groups excluding carboxylic acids is 1. The van der Waals surface area contributed by atoms with Crippen molar-refractivity contribution in [1.82, 2.24) is 0 Å². The van der Waals surface area contributed by atoms with Crippen molar-refractivity contribution < 1.29 is 13.2 Å². The summed E-state index contributed by atoms with van der Waals surface area (Å²) in [5.74, 6) is -0.128. The van der Waals surface area contributed by atoms with E-state index in [1.807, 2.05) is 26.0 Å². The Bertz CT molecular complexity index is 964. The van der Waals surface area contributed by atoms with Gasteiger partial charge in [-0.2, -0.15) is 5.10 Å². The highest BCUT2D eigenvalue weighted by molar-refractivity contribution is 7.89. The molecule has 2 aromatic carbocycles. The summed E-state index contributed by atoms with van der Waals surface area (Å²) in [5, 5.41) is 10.9. The zero-order valence-electron chi connectivity index (χ0n) is 14.1. The molecule has 0 unspecified atom stereocenters. The average Bonchev–Trinajstić information content (AvgIpc) is 2.55.